The van der Waals surface area contributed by atoms with Crippen LogP contribution >= 0.6 is 23.2 Å². The maximum atomic E-state index is 10.8. The number of rotatable bonds is 2. The maximum Gasteiger partial charge on any atom is 0.346 e. The summed E-state index contributed by atoms with van der Waals surface area (Å²) in [6.45, 7) is 1.76. The molecule has 1 aromatic heterocycles. The second kappa shape index (κ2) is 4.20. The molecule has 1 N–H and O–H groups in total. The number of nitrogens with zero attached hydrogens (tertiary/aromatic N) is 2. The molecule has 0 bridgehead atoms. The van der Waals surface area contributed by atoms with Gasteiger partial charge < -0.3 is 5.11 Å². The van der Waals surface area contributed by atoms with Crippen molar-refractivity contribution in [1.82, 2.24) is 4.57 Å². The van der Waals surface area contributed by atoms with Gasteiger partial charge in [-0.05, 0) is 0 Å². The zero-order chi connectivity index (χ0) is 12.7. The van der Waals surface area contributed by atoms with Crippen LogP contribution in [-0.4, -0.2) is 15.6 Å². The molecule has 0 aliphatic carbocycles. The number of halogens is 2. The topological polar surface area (TPSA) is 46.1 Å². The normalized spacial score (nSPS) is 11.1. The molecular weight excluding hydrogens is 263 g/mol. The highest BCUT2D eigenvalue weighted by molar-refractivity contribution is 6.42. The van der Waals surface area contributed by atoms with Crippen molar-refractivity contribution in [3.05, 3.63) is 28.0 Å². The Balaban J connectivity index is 2.79. The predicted octanol–water partition coefficient (Wildman–Crippen LogP) is 2.17. The van der Waals surface area contributed by atoms with E-state index >= 15 is 0 Å². The standard InChI is InChI=1S/C11H10Cl2N2O2/c1-6-14(2)9-3-7(12)8(13)4-10(9)15(6)5-11(16)17/h3-4H,5H2,1-2H3/p+1. The lowest BCUT2D eigenvalue weighted by atomic mass is 10.3. The fraction of sp³-hybridized carbons (Fsp3) is 0.273. The number of aromatic nitrogens is 2. The van der Waals surface area contributed by atoms with Crippen LogP contribution in [0.3, 0.4) is 0 Å². The molecule has 0 aliphatic heterocycles. The van der Waals surface area contributed by atoms with E-state index in [0.717, 1.165) is 16.9 Å². The number of aryl methyl sites for hydroxylation is 1. The summed E-state index contributed by atoms with van der Waals surface area (Å²) in [5, 5.41) is 9.78. The largest absolute Gasteiger partial charge is 0.478 e. The highest BCUT2D eigenvalue weighted by Crippen LogP contribution is 2.27. The van der Waals surface area contributed by atoms with Crippen molar-refractivity contribution in [2.45, 2.75) is 13.5 Å². The Kier molecular flexibility index (Phi) is 3.02. The monoisotopic (exact) mass is 273 g/mol. The van der Waals surface area contributed by atoms with Gasteiger partial charge in [0.2, 0.25) is 0 Å². The van der Waals surface area contributed by atoms with Gasteiger partial charge in [-0.1, -0.05) is 23.2 Å². The number of imidazole rings is 1. The van der Waals surface area contributed by atoms with Gasteiger partial charge >= 0.3 is 5.97 Å². The molecule has 0 saturated heterocycles. The number of fused-ring (bicyclic) bond motifs is 1. The minimum absolute atomic E-state index is 0.0961. The molecule has 0 radical (unpaired) electrons. The van der Waals surface area contributed by atoms with Crippen LogP contribution in [0.15, 0.2) is 12.1 Å². The molecular formula is C11H11Cl2N2O2+. The van der Waals surface area contributed by atoms with Crippen molar-refractivity contribution in [2.75, 3.05) is 0 Å². The second-order valence-electron chi connectivity index (χ2n) is 3.84. The maximum absolute atomic E-state index is 10.8. The molecule has 0 amide bonds. The summed E-state index contributed by atoms with van der Waals surface area (Å²) in [7, 11) is 1.86. The number of carbonyl (C=O) groups is 1. The van der Waals surface area contributed by atoms with Crippen LogP contribution in [-0.2, 0) is 18.4 Å². The smallest absolute Gasteiger partial charge is 0.346 e. The van der Waals surface area contributed by atoms with E-state index < -0.39 is 5.97 Å². The molecule has 6 heteroatoms. The van der Waals surface area contributed by atoms with Crippen LogP contribution in [0.25, 0.3) is 11.0 Å². The molecule has 2 aromatic rings. The third-order valence-corrected chi connectivity index (χ3v) is 3.56. The van der Waals surface area contributed by atoms with E-state index in [-0.39, 0.29) is 6.54 Å². The molecule has 0 spiro atoms. The van der Waals surface area contributed by atoms with Gasteiger partial charge in [-0.25, -0.2) is 13.9 Å². The third kappa shape index (κ3) is 1.98. The minimum Gasteiger partial charge on any atom is -0.478 e. The van der Waals surface area contributed by atoms with E-state index in [1.807, 2.05) is 18.5 Å². The van der Waals surface area contributed by atoms with Crippen molar-refractivity contribution in [3.63, 3.8) is 0 Å². The molecule has 0 atom stereocenters. The molecule has 4 nitrogen and oxygen atoms in total. The molecule has 0 unspecified atom stereocenters. The SMILES string of the molecule is Cc1n(CC(=O)O)c2cc(Cl)c(Cl)cc2[n+]1C. The summed E-state index contributed by atoms with van der Waals surface area (Å²) in [4.78, 5) is 10.8. The summed E-state index contributed by atoms with van der Waals surface area (Å²) in [5.41, 5.74) is 1.62. The lowest BCUT2D eigenvalue weighted by molar-refractivity contribution is -0.652. The number of benzene rings is 1. The summed E-state index contributed by atoms with van der Waals surface area (Å²) < 4.78 is 3.58. The average Bonchev–Trinajstić information content (AvgIpc) is 2.45. The van der Waals surface area contributed by atoms with Gasteiger partial charge in [0.25, 0.3) is 5.82 Å². The number of carboxylic acids is 1. The molecule has 0 saturated carbocycles. The lowest BCUT2D eigenvalue weighted by Crippen LogP contribution is -2.31. The van der Waals surface area contributed by atoms with Gasteiger partial charge in [0.15, 0.2) is 17.6 Å². The molecule has 0 fully saturated rings. The van der Waals surface area contributed by atoms with Crippen molar-refractivity contribution in [3.8, 4) is 0 Å². The van der Waals surface area contributed by atoms with Gasteiger partial charge in [-0.15, -0.1) is 0 Å². The van der Waals surface area contributed by atoms with Gasteiger partial charge in [0.05, 0.1) is 17.1 Å². The van der Waals surface area contributed by atoms with Crippen molar-refractivity contribution < 1.29 is 14.5 Å². The number of aliphatic carboxylic acids is 1. The van der Waals surface area contributed by atoms with Gasteiger partial charge in [0, 0.05) is 19.1 Å². The van der Waals surface area contributed by atoms with E-state index in [9.17, 15) is 4.79 Å². The predicted molar refractivity (Wildman–Crippen MR) is 65.5 cm³/mol. The first-order chi connectivity index (χ1) is 7.91. The van der Waals surface area contributed by atoms with E-state index in [2.05, 4.69) is 0 Å². The van der Waals surface area contributed by atoms with Gasteiger partial charge in [0.1, 0.15) is 0 Å². The Labute approximate surface area is 108 Å². The summed E-state index contributed by atoms with van der Waals surface area (Å²) in [5.74, 6) is -0.0580. The quantitative estimate of drug-likeness (QED) is 0.853. The molecule has 17 heavy (non-hydrogen) atoms. The Morgan fingerprint density at radius 2 is 2.00 bits per heavy atom. The fourth-order valence-electron chi connectivity index (χ4n) is 1.88. The van der Waals surface area contributed by atoms with Crippen LogP contribution in [0.4, 0.5) is 0 Å². The highest BCUT2D eigenvalue weighted by atomic mass is 35.5. The molecule has 0 aliphatic rings. The van der Waals surface area contributed by atoms with E-state index in [4.69, 9.17) is 28.3 Å². The van der Waals surface area contributed by atoms with Gasteiger partial charge in [-0.3, -0.25) is 0 Å². The first-order valence-corrected chi connectivity index (χ1v) is 5.73. The molecule has 90 valence electrons. The lowest BCUT2D eigenvalue weighted by Gasteiger charge is -1.96. The number of carboxylic acid groups (broad SMARTS) is 1. The van der Waals surface area contributed by atoms with Crippen molar-refractivity contribution >= 4 is 40.2 Å². The van der Waals surface area contributed by atoms with Crippen LogP contribution < -0.4 is 4.57 Å². The van der Waals surface area contributed by atoms with Crippen LogP contribution in [0.1, 0.15) is 5.82 Å². The van der Waals surface area contributed by atoms with E-state index in [1.54, 1.807) is 16.7 Å². The average molecular weight is 274 g/mol. The van der Waals surface area contributed by atoms with Crippen molar-refractivity contribution in [1.29, 1.82) is 0 Å². The Bertz CT molecular complexity index is 620. The van der Waals surface area contributed by atoms with Gasteiger partial charge in [-0.2, -0.15) is 0 Å². The van der Waals surface area contributed by atoms with Crippen molar-refractivity contribution in [2.24, 2.45) is 7.05 Å². The van der Waals surface area contributed by atoms with E-state index in [0.29, 0.717) is 10.0 Å². The van der Waals surface area contributed by atoms with Crippen LogP contribution in [0.2, 0.25) is 10.0 Å². The Morgan fingerprint density at radius 1 is 1.41 bits per heavy atom. The summed E-state index contributed by atoms with van der Waals surface area (Å²) >= 11 is 11.9. The summed E-state index contributed by atoms with van der Waals surface area (Å²) in [6.07, 6.45) is 0. The zero-order valence-corrected chi connectivity index (χ0v) is 10.9. The third-order valence-electron chi connectivity index (χ3n) is 2.84. The zero-order valence-electron chi connectivity index (χ0n) is 9.37. The summed E-state index contributed by atoms with van der Waals surface area (Å²) in [6, 6.07) is 3.43. The second-order valence-corrected chi connectivity index (χ2v) is 4.66. The number of hydrogen-bond acceptors (Lipinski definition) is 1. The Morgan fingerprint density at radius 3 is 2.59 bits per heavy atom. The first kappa shape index (κ1) is 12.2. The molecule has 1 aromatic carbocycles. The minimum atomic E-state index is -0.892. The molecule has 2 rings (SSSR count). The fourth-order valence-corrected chi connectivity index (χ4v) is 2.19. The van der Waals surface area contributed by atoms with Crippen LogP contribution in [0.5, 0.6) is 0 Å². The Hall–Kier alpha value is -1.26. The highest BCUT2D eigenvalue weighted by Gasteiger charge is 2.22. The van der Waals surface area contributed by atoms with Crippen LogP contribution in [0, 0.1) is 6.92 Å². The van der Waals surface area contributed by atoms with E-state index in [1.165, 1.54) is 0 Å². The first-order valence-electron chi connectivity index (χ1n) is 4.97. The number of hydrogen-bond donors (Lipinski definition) is 1. The molecule has 1 heterocycles.